The number of hydrogen-bond acceptors (Lipinski definition) is 2. The second-order valence-corrected chi connectivity index (χ2v) is 7.53. The molecule has 1 unspecified atom stereocenters. The maximum absolute atomic E-state index is 15.0. The largest absolute Gasteiger partial charge is 0.458 e. The molecular weight excluding hydrogens is 303 g/mol. The van der Waals surface area contributed by atoms with Crippen LogP contribution in [0.4, 0.5) is 4.39 Å². The smallest absolute Gasteiger partial charge is 0.341 e. The van der Waals surface area contributed by atoms with E-state index >= 15 is 4.39 Å². The van der Waals surface area contributed by atoms with Gasteiger partial charge >= 0.3 is 5.97 Å². The Bertz CT molecular complexity index is 588. The second-order valence-electron chi connectivity index (χ2n) is 7.53. The molecule has 1 atom stereocenters. The van der Waals surface area contributed by atoms with Gasteiger partial charge in [-0.05, 0) is 55.1 Å². The van der Waals surface area contributed by atoms with E-state index in [1.54, 1.807) is 0 Å². The van der Waals surface area contributed by atoms with E-state index in [0.29, 0.717) is 6.42 Å². The molecule has 2 aliphatic rings. The molecule has 132 valence electrons. The summed E-state index contributed by atoms with van der Waals surface area (Å²) in [7, 11) is 0. The summed E-state index contributed by atoms with van der Waals surface area (Å²) in [4.78, 5) is 12.3. The van der Waals surface area contributed by atoms with Gasteiger partial charge in [0.15, 0.2) is 0 Å². The van der Waals surface area contributed by atoms with Crippen molar-refractivity contribution >= 4 is 5.97 Å². The zero-order chi connectivity index (χ0) is 17.1. The molecule has 0 aromatic heterocycles. The summed E-state index contributed by atoms with van der Waals surface area (Å²) in [6.07, 6.45) is 9.31. The van der Waals surface area contributed by atoms with Crippen molar-refractivity contribution in [3.05, 3.63) is 34.6 Å². The van der Waals surface area contributed by atoms with Crippen molar-refractivity contribution in [2.24, 2.45) is 5.92 Å². The third-order valence-electron chi connectivity index (χ3n) is 5.78. The molecule has 0 spiro atoms. The number of cyclic esters (lactones) is 1. The van der Waals surface area contributed by atoms with E-state index in [1.165, 1.54) is 25.7 Å². The van der Waals surface area contributed by atoms with Crippen molar-refractivity contribution in [1.29, 1.82) is 0 Å². The van der Waals surface area contributed by atoms with Gasteiger partial charge < -0.3 is 4.74 Å². The number of halogens is 1. The number of benzene rings is 1. The average molecular weight is 332 g/mol. The Balaban J connectivity index is 1.78. The van der Waals surface area contributed by atoms with Crippen LogP contribution in [0.2, 0.25) is 0 Å². The summed E-state index contributed by atoms with van der Waals surface area (Å²) in [5.41, 5.74) is 1.76. The zero-order valence-electron chi connectivity index (χ0n) is 14.9. The number of esters is 1. The van der Waals surface area contributed by atoms with Gasteiger partial charge in [0, 0.05) is 6.42 Å². The monoisotopic (exact) mass is 332 g/mol. The summed E-state index contributed by atoms with van der Waals surface area (Å²) < 4.78 is 20.5. The first-order chi connectivity index (χ1) is 11.6. The van der Waals surface area contributed by atoms with Crippen LogP contribution in [0.1, 0.15) is 92.6 Å². The fraction of sp³-hybridized carbons (Fsp3) is 0.667. The molecule has 1 aromatic carbocycles. The maximum Gasteiger partial charge on any atom is 0.341 e. The summed E-state index contributed by atoms with van der Waals surface area (Å²) in [6.45, 7) is 4.30. The highest BCUT2D eigenvalue weighted by atomic mass is 19.1. The molecule has 2 nitrogen and oxygen atoms in total. The number of hydrogen-bond donors (Lipinski definition) is 0. The summed E-state index contributed by atoms with van der Waals surface area (Å²) in [5, 5.41) is 0. The Labute approximate surface area is 144 Å². The van der Waals surface area contributed by atoms with Gasteiger partial charge in [0.1, 0.15) is 11.9 Å². The van der Waals surface area contributed by atoms with Crippen molar-refractivity contribution in [2.45, 2.75) is 83.7 Å². The molecule has 0 saturated heterocycles. The topological polar surface area (TPSA) is 26.3 Å². The lowest BCUT2D eigenvalue weighted by molar-refractivity contribution is 0.0229. The number of fused-ring (bicyclic) bond motifs is 1. The van der Waals surface area contributed by atoms with Gasteiger partial charge in [-0.15, -0.1) is 0 Å². The average Bonchev–Trinajstić information content (AvgIpc) is 2.56. The fourth-order valence-corrected chi connectivity index (χ4v) is 4.49. The van der Waals surface area contributed by atoms with E-state index in [-0.39, 0.29) is 23.4 Å². The minimum atomic E-state index is -0.464. The molecule has 1 aliphatic heterocycles. The molecule has 0 N–H and O–H groups in total. The number of carbonyl (C=O) groups is 1. The first kappa shape index (κ1) is 17.4. The number of ether oxygens (including phenoxy) is 1. The Morgan fingerprint density at radius 1 is 1.08 bits per heavy atom. The third kappa shape index (κ3) is 3.50. The van der Waals surface area contributed by atoms with Crippen molar-refractivity contribution in [3.8, 4) is 0 Å². The molecule has 0 radical (unpaired) electrons. The van der Waals surface area contributed by atoms with Crippen LogP contribution in [0.25, 0.3) is 0 Å². The molecular formula is C21H29FO2. The van der Waals surface area contributed by atoms with E-state index in [9.17, 15) is 4.79 Å². The van der Waals surface area contributed by atoms with Gasteiger partial charge in [-0.25, -0.2) is 9.18 Å². The Kier molecular flexibility index (Phi) is 5.57. The Hall–Kier alpha value is -1.38. The molecule has 3 rings (SSSR count). The van der Waals surface area contributed by atoms with Crippen molar-refractivity contribution < 1.29 is 13.9 Å². The molecule has 0 bridgehead atoms. The summed E-state index contributed by atoms with van der Waals surface area (Å²) >= 11 is 0. The molecule has 1 saturated carbocycles. The molecule has 1 fully saturated rings. The highest BCUT2D eigenvalue weighted by Gasteiger charge is 2.32. The van der Waals surface area contributed by atoms with Gasteiger partial charge in [-0.1, -0.05) is 45.2 Å². The minimum Gasteiger partial charge on any atom is -0.458 e. The molecule has 3 heteroatoms. The van der Waals surface area contributed by atoms with Crippen LogP contribution in [0.3, 0.4) is 0 Å². The van der Waals surface area contributed by atoms with E-state index < -0.39 is 5.97 Å². The minimum absolute atomic E-state index is 0.0928. The van der Waals surface area contributed by atoms with E-state index in [0.717, 1.165) is 42.7 Å². The van der Waals surface area contributed by atoms with Gasteiger partial charge in [-0.3, -0.25) is 0 Å². The van der Waals surface area contributed by atoms with E-state index in [2.05, 4.69) is 13.8 Å². The first-order valence-electron chi connectivity index (χ1n) is 9.66. The lowest BCUT2D eigenvalue weighted by Crippen LogP contribution is -2.29. The molecule has 1 aromatic rings. The van der Waals surface area contributed by atoms with Crippen molar-refractivity contribution in [2.75, 3.05) is 0 Å². The van der Waals surface area contributed by atoms with Gasteiger partial charge in [-0.2, -0.15) is 0 Å². The highest BCUT2D eigenvalue weighted by molar-refractivity contribution is 5.92. The highest BCUT2D eigenvalue weighted by Crippen LogP contribution is 2.40. The van der Waals surface area contributed by atoms with Crippen LogP contribution < -0.4 is 0 Å². The summed E-state index contributed by atoms with van der Waals surface area (Å²) in [6, 6.07) is 3.90. The van der Waals surface area contributed by atoms with E-state index in [1.807, 2.05) is 12.1 Å². The van der Waals surface area contributed by atoms with Gasteiger partial charge in [0.25, 0.3) is 0 Å². The van der Waals surface area contributed by atoms with Crippen LogP contribution in [0.5, 0.6) is 0 Å². The van der Waals surface area contributed by atoms with Gasteiger partial charge in [0.05, 0.1) is 5.56 Å². The molecule has 24 heavy (non-hydrogen) atoms. The predicted molar refractivity (Wildman–Crippen MR) is 93.8 cm³/mol. The quantitative estimate of drug-likeness (QED) is 0.639. The summed E-state index contributed by atoms with van der Waals surface area (Å²) in [5.74, 6) is 0.274. The lowest BCUT2D eigenvalue weighted by atomic mass is 9.76. The standard InChI is InChI=1S/C21H29FO2/c1-3-5-14-7-9-15(10-8-14)18-12-11-16-13-17(6-4-2)24-21(23)19(16)20(18)22/h11-12,14-15,17H,3-10,13H2,1-2H3. The van der Waals surface area contributed by atoms with Crippen molar-refractivity contribution in [3.63, 3.8) is 0 Å². The first-order valence-corrected chi connectivity index (χ1v) is 9.66. The molecule has 0 amide bonds. The van der Waals surface area contributed by atoms with Gasteiger partial charge in [0.2, 0.25) is 0 Å². The second kappa shape index (κ2) is 7.67. The number of carbonyl (C=O) groups excluding carboxylic acids is 1. The predicted octanol–water partition coefficient (Wildman–Crippen LogP) is 5.78. The Morgan fingerprint density at radius 2 is 1.79 bits per heavy atom. The number of rotatable bonds is 5. The zero-order valence-corrected chi connectivity index (χ0v) is 14.9. The van der Waals surface area contributed by atoms with Crippen LogP contribution in [0, 0.1) is 11.7 Å². The maximum atomic E-state index is 15.0. The fourth-order valence-electron chi connectivity index (χ4n) is 4.49. The molecule has 1 heterocycles. The lowest BCUT2D eigenvalue weighted by Gasteiger charge is -2.30. The van der Waals surface area contributed by atoms with Crippen LogP contribution in [-0.4, -0.2) is 12.1 Å². The molecule has 1 aliphatic carbocycles. The van der Waals surface area contributed by atoms with Crippen molar-refractivity contribution in [1.82, 2.24) is 0 Å². The SMILES string of the molecule is CCCC1CCC(c2ccc3c(c2F)C(=O)OC(CCC)C3)CC1. The third-order valence-corrected chi connectivity index (χ3v) is 5.78. The van der Waals surface area contributed by atoms with Crippen LogP contribution >= 0.6 is 0 Å². The van der Waals surface area contributed by atoms with Crippen LogP contribution in [-0.2, 0) is 11.2 Å². The van der Waals surface area contributed by atoms with Crippen LogP contribution in [0.15, 0.2) is 12.1 Å². The Morgan fingerprint density at radius 3 is 2.46 bits per heavy atom. The normalized spacial score (nSPS) is 26.8. The van der Waals surface area contributed by atoms with E-state index in [4.69, 9.17) is 4.74 Å².